The molecule has 0 spiro atoms. The van der Waals surface area contributed by atoms with Crippen molar-refractivity contribution in [2.45, 2.75) is 13.0 Å². The SMILES string of the molecule is COc1ccc(NC(=O)[C@@H](C)Nc2cccc([N+](=O)[O-])c2)cc1Cl. The fourth-order valence-electron chi connectivity index (χ4n) is 2.02. The molecule has 0 aliphatic rings. The Bertz CT molecular complexity index is 767. The predicted molar refractivity (Wildman–Crippen MR) is 92.8 cm³/mol. The minimum Gasteiger partial charge on any atom is -0.495 e. The zero-order valence-corrected chi connectivity index (χ0v) is 13.8. The number of nitro benzene ring substituents is 1. The van der Waals surface area contributed by atoms with Gasteiger partial charge in [-0.15, -0.1) is 0 Å². The molecule has 1 amide bonds. The van der Waals surface area contributed by atoms with Crippen molar-refractivity contribution in [2.75, 3.05) is 17.7 Å². The summed E-state index contributed by atoms with van der Waals surface area (Å²) in [4.78, 5) is 22.5. The average Bonchev–Trinajstić information content (AvgIpc) is 2.55. The molecular weight excluding hydrogens is 334 g/mol. The molecule has 8 heteroatoms. The highest BCUT2D eigenvalue weighted by Crippen LogP contribution is 2.27. The van der Waals surface area contributed by atoms with Gasteiger partial charge in [-0.05, 0) is 31.2 Å². The highest BCUT2D eigenvalue weighted by atomic mass is 35.5. The fourth-order valence-corrected chi connectivity index (χ4v) is 2.28. The van der Waals surface area contributed by atoms with E-state index in [0.717, 1.165) is 0 Å². The zero-order valence-electron chi connectivity index (χ0n) is 13.1. The van der Waals surface area contributed by atoms with Crippen LogP contribution in [0, 0.1) is 10.1 Å². The highest BCUT2D eigenvalue weighted by molar-refractivity contribution is 6.32. The van der Waals surface area contributed by atoms with Gasteiger partial charge in [0.25, 0.3) is 5.69 Å². The number of carbonyl (C=O) groups is 1. The monoisotopic (exact) mass is 349 g/mol. The first-order valence-electron chi connectivity index (χ1n) is 7.06. The number of halogens is 1. The summed E-state index contributed by atoms with van der Waals surface area (Å²) >= 11 is 6.01. The third-order valence-corrected chi connectivity index (χ3v) is 3.55. The van der Waals surface area contributed by atoms with Crippen molar-refractivity contribution >= 4 is 34.6 Å². The Hall–Kier alpha value is -2.80. The maximum absolute atomic E-state index is 12.2. The molecule has 0 fully saturated rings. The van der Waals surface area contributed by atoms with Gasteiger partial charge in [-0.1, -0.05) is 17.7 Å². The minimum absolute atomic E-state index is 0.0467. The predicted octanol–water partition coefficient (Wildman–Crippen LogP) is 3.70. The first-order chi connectivity index (χ1) is 11.4. The van der Waals surface area contributed by atoms with Crippen molar-refractivity contribution in [3.05, 3.63) is 57.6 Å². The van der Waals surface area contributed by atoms with Crippen molar-refractivity contribution < 1.29 is 14.5 Å². The third-order valence-electron chi connectivity index (χ3n) is 3.25. The summed E-state index contributed by atoms with van der Waals surface area (Å²) < 4.78 is 5.05. The largest absolute Gasteiger partial charge is 0.495 e. The second kappa shape index (κ2) is 7.65. The number of benzene rings is 2. The van der Waals surface area contributed by atoms with E-state index in [2.05, 4.69) is 10.6 Å². The van der Waals surface area contributed by atoms with Crippen LogP contribution in [0.2, 0.25) is 5.02 Å². The van der Waals surface area contributed by atoms with E-state index in [4.69, 9.17) is 16.3 Å². The molecule has 2 N–H and O–H groups in total. The van der Waals surface area contributed by atoms with Crippen molar-refractivity contribution in [1.29, 1.82) is 0 Å². The van der Waals surface area contributed by atoms with Crippen LogP contribution in [0.3, 0.4) is 0 Å². The summed E-state index contributed by atoms with van der Waals surface area (Å²) in [5, 5.41) is 16.8. The molecule has 2 rings (SSSR count). The lowest BCUT2D eigenvalue weighted by molar-refractivity contribution is -0.384. The van der Waals surface area contributed by atoms with Gasteiger partial charge in [0.2, 0.25) is 5.91 Å². The lowest BCUT2D eigenvalue weighted by atomic mass is 10.2. The third kappa shape index (κ3) is 4.36. The van der Waals surface area contributed by atoms with Gasteiger partial charge >= 0.3 is 0 Å². The van der Waals surface area contributed by atoms with Gasteiger partial charge in [0, 0.05) is 23.5 Å². The first-order valence-corrected chi connectivity index (χ1v) is 7.44. The number of rotatable bonds is 6. The fraction of sp³-hybridized carbons (Fsp3) is 0.188. The summed E-state index contributed by atoms with van der Waals surface area (Å²) in [5.74, 6) is 0.208. The number of methoxy groups -OCH3 is 1. The van der Waals surface area contributed by atoms with E-state index in [0.29, 0.717) is 22.1 Å². The highest BCUT2D eigenvalue weighted by Gasteiger charge is 2.15. The summed E-state index contributed by atoms with van der Waals surface area (Å²) in [6.07, 6.45) is 0. The lowest BCUT2D eigenvalue weighted by Gasteiger charge is -2.15. The molecule has 0 saturated carbocycles. The van der Waals surface area contributed by atoms with Gasteiger partial charge in [-0.2, -0.15) is 0 Å². The van der Waals surface area contributed by atoms with E-state index in [1.165, 1.54) is 19.2 Å². The molecule has 0 aliphatic heterocycles. The van der Waals surface area contributed by atoms with Crippen LogP contribution in [0.1, 0.15) is 6.92 Å². The molecule has 0 heterocycles. The molecule has 2 aromatic rings. The molecule has 126 valence electrons. The maximum atomic E-state index is 12.2. The van der Waals surface area contributed by atoms with Gasteiger partial charge < -0.3 is 15.4 Å². The summed E-state index contributed by atoms with van der Waals surface area (Å²) in [7, 11) is 1.50. The van der Waals surface area contributed by atoms with E-state index in [1.54, 1.807) is 37.3 Å². The number of non-ortho nitro benzene ring substituents is 1. The number of nitro groups is 1. The summed E-state index contributed by atoms with van der Waals surface area (Å²) in [5.41, 5.74) is 0.965. The van der Waals surface area contributed by atoms with E-state index in [1.807, 2.05) is 0 Å². The molecule has 0 saturated heterocycles. The lowest BCUT2D eigenvalue weighted by Crippen LogP contribution is -2.31. The van der Waals surface area contributed by atoms with Crippen LogP contribution in [-0.4, -0.2) is 24.0 Å². The Morgan fingerprint density at radius 2 is 2.00 bits per heavy atom. The zero-order chi connectivity index (χ0) is 17.7. The Morgan fingerprint density at radius 1 is 1.25 bits per heavy atom. The smallest absolute Gasteiger partial charge is 0.271 e. The van der Waals surface area contributed by atoms with Crippen LogP contribution in [0.25, 0.3) is 0 Å². The van der Waals surface area contributed by atoms with Crippen LogP contribution in [0.5, 0.6) is 5.75 Å². The molecule has 0 aromatic heterocycles. The molecule has 0 bridgehead atoms. The molecule has 0 radical (unpaired) electrons. The van der Waals surface area contributed by atoms with Crippen LogP contribution in [0.15, 0.2) is 42.5 Å². The van der Waals surface area contributed by atoms with E-state index in [9.17, 15) is 14.9 Å². The molecule has 0 unspecified atom stereocenters. The van der Waals surface area contributed by atoms with Gasteiger partial charge in [0.1, 0.15) is 11.8 Å². The number of carbonyl (C=O) groups excluding carboxylic acids is 1. The first kappa shape index (κ1) is 17.6. The van der Waals surface area contributed by atoms with Gasteiger partial charge in [-0.25, -0.2) is 0 Å². The van der Waals surface area contributed by atoms with Crippen molar-refractivity contribution in [3.8, 4) is 5.75 Å². The second-order valence-electron chi connectivity index (χ2n) is 5.01. The number of ether oxygens (including phenoxy) is 1. The van der Waals surface area contributed by atoms with Crippen LogP contribution < -0.4 is 15.4 Å². The quantitative estimate of drug-likeness (QED) is 0.612. The number of hydrogen-bond donors (Lipinski definition) is 2. The average molecular weight is 350 g/mol. The normalized spacial score (nSPS) is 11.5. The Balaban J connectivity index is 2.03. The number of nitrogens with one attached hydrogen (secondary N) is 2. The molecule has 0 aliphatic carbocycles. The van der Waals surface area contributed by atoms with Gasteiger partial charge in [0.15, 0.2) is 0 Å². The standard InChI is InChI=1S/C16H16ClN3O4/c1-10(18-11-4-3-5-13(8-11)20(22)23)16(21)19-12-6-7-15(24-2)14(17)9-12/h3-10,18H,1-2H3,(H,19,21)/t10-/m1/s1. The Morgan fingerprint density at radius 3 is 2.62 bits per heavy atom. The van der Waals surface area contributed by atoms with Crippen LogP contribution in [0.4, 0.5) is 17.1 Å². The topological polar surface area (TPSA) is 93.5 Å². The number of nitrogens with zero attached hydrogens (tertiary/aromatic N) is 1. The Kier molecular flexibility index (Phi) is 5.59. The van der Waals surface area contributed by atoms with Crippen molar-refractivity contribution in [3.63, 3.8) is 0 Å². The van der Waals surface area contributed by atoms with Crippen LogP contribution in [-0.2, 0) is 4.79 Å². The molecular formula is C16H16ClN3O4. The molecule has 7 nitrogen and oxygen atoms in total. The number of hydrogen-bond acceptors (Lipinski definition) is 5. The minimum atomic E-state index is -0.604. The molecule has 1 atom stereocenters. The molecule has 24 heavy (non-hydrogen) atoms. The van der Waals surface area contributed by atoms with Crippen molar-refractivity contribution in [2.24, 2.45) is 0 Å². The number of anilines is 2. The summed E-state index contributed by atoms with van der Waals surface area (Å²) in [6.45, 7) is 1.65. The van der Waals surface area contributed by atoms with E-state index < -0.39 is 11.0 Å². The summed E-state index contributed by atoms with van der Waals surface area (Å²) in [6, 6.07) is 10.3. The van der Waals surface area contributed by atoms with Crippen LogP contribution >= 0.6 is 11.6 Å². The molecule has 2 aromatic carbocycles. The number of amides is 1. The van der Waals surface area contributed by atoms with E-state index in [-0.39, 0.29) is 11.6 Å². The van der Waals surface area contributed by atoms with Crippen molar-refractivity contribution in [1.82, 2.24) is 0 Å². The Labute approximate surface area is 143 Å². The maximum Gasteiger partial charge on any atom is 0.271 e. The van der Waals surface area contributed by atoms with Gasteiger partial charge in [0.05, 0.1) is 17.1 Å². The second-order valence-corrected chi connectivity index (χ2v) is 5.42. The van der Waals surface area contributed by atoms with Gasteiger partial charge in [-0.3, -0.25) is 14.9 Å². The van der Waals surface area contributed by atoms with E-state index >= 15 is 0 Å².